The molecule has 1 N–H and O–H groups in total. The molecule has 3 aliphatic carbocycles. The maximum Gasteiger partial charge on any atom is 0.262 e. The third-order valence-electron chi connectivity index (χ3n) is 5.99. The second kappa shape index (κ2) is 5.39. The highest BCUT2D eigenvalue weighted by Gasteiger charge is 2.52. The van der Waals surface area contributed by atoms with Crippen LogP contribution in [0.3, 0.4) is 0 Å². The Hall–Kier alpha value is -1.78. The summed E-state index contributed by atoms with van der Waals surface area (Å²) in [4.78, 5) is 21.8. The van der Waals surface area contributed by atoms with E-state index in [0.717, 1.165) is 29.9 Å². The number of carbonyl (C=O) groups is 2. The molecule has 2 amide bonds. The number of imide groups is 1. The van der Waals surface area contributed by atoms with E-state index in [2.05, 4.69) is 20.8 Å². The first-order chi connectivity index (χ1) is 10.7. The average Bonchev–Trinajstić information content (AvgIpc) is 2.79. The van der Waals surface area contributed by atoms with Crippen LogP contribution in [0.4, 0.5) is 8.78 Å². The van der Waals surface area contributed by atoms with Gasteiger partial charge in [0.15, 0.2) is 0 Å². The van der Waals surface area contributed by atoms with E-state index in [4.69, 9.17) is 0 Å². The van der Waals surface area contributed by atoms with Crippen molar-refractivity contribution in [2.75, 3.05) is 0 Å². The van der Waals surface area contributed by atoms with Crippen molar-refractivity contribution in [1.82, 2.24) is 5.32 Å². The molecule has 3 atom stereocenters. The molecule has 3 saturated carbocycles. The zero-order valence-electron chi connectivity index (χ0n) is 13.6. The van der Waals surface area contributed by atoms with E-state index < -0.39 is 34.6 Å². The van der Waals surface area contributed by atoms with Crippen LogP contribution < -0.4 is 5.32 Å². The zero-order chi connectivity index (χ0) is 16.9. The van der Waals surface area contributed by atoms with Gasteiger partial charge in [-0.15, -0.1) is 0 Å². The van der Waals surface area contributed by atoms with E-state index in [1.54, 1.807) is 5.32 Å². The lowest BCUT2D eigenvalue weighted by atomic mass is 9.46. The van der Waals surface area contributed by atoms with Crippen LogP contribution in [0.25, 0.3) is 0 Å². The maximum absolute atomic E-state index is 12.9. The van der Waals surface area contributed by atoms with Crippen molar-refractivity contribution >= 4 is 11.8 Å². The summed E-state index contributed by atoms with van der Waals surface area (Å²) in [6.45, 7) is 7.35. The molecule has 5 rings (SSSR count). The Morgan fingerprint density at radius 2 is 1.57 bits per heavy atom. The molecule has 2 bridgehead atoms. The van der Waals surface area contributed by atoms with Gasteiger partial charge in [-0.25, -0.2) is 8.78 Å². The molecule has 0 aromatic heterocycles. The first-order valence-electron chi connectivity index (χ1n) is 8.07. The summed E-state index contributed by atoms with van der Waals surface area (Å²) in [6, 6.07) is 1.62. The second-order valence-corrected chi connectivity index (χ2v) is 7.48. The summed E-state index contributed by atoms with van der Waals surface area (Å²) >= 11 is 0. The van der Waals surface area contributed by atoms with Gasteiger partial charge in [-0.2, -0.15) is 0 Å². The fourth-order valence-corrected chi connectivity index (χ4v) is 4.40. The van der Waals surface area contributed by atoms with E-state index in [9.17, 15) is 18.4 Å². The lowest BCUT2D eigenvalue weighted by molar-refractivity contribution is -0.0988. The molecule has 3 fully saturated rings. The van der Waals surface area contributed by atoms with Crippen molar-refractivity contribution in [3.05, 3.63) is 34.9 Å². The summed E-state index contributed by atoms with van der Waals surface area (Å²) in [6.07, 6.45) is 4.54. The quantitative estimate of drug-likeness (QED) is 0.736. The monoisotopic (exact) mass is 321 g/mol. The zero-order valence-corrected chi connectivity index (χ0v) is 13.6. The summed E-state index contributed by atoms with van der Waals surface area (Å²) in [5.74, 6) is -0.409. The molecule has 0 radical (unpaired) electrons. The number of hydrogen-bond donors (Lipinski definition) is 1. The SMILES string of the molecule is C[C@@H]1CC[C@H]2C[C@@H]1C2(C)C.O=C1NC(=O)c2c(F)ccc(F)c21. The largest absolute Gasteiger partial charge is 0.288 e. The Morgan fingerprint density at radius 3 is 1.91 bits per heavy atom. The molecule has 0 spiro atoms. The predicted octanol–water partition coefficient (Wildman–Crippen LogP) is 3.93. The minimum absolute atomic E-state index is 0.509. The fourth-order valence-electron chi connectivity index (χ4n) is 4.40. The highest BCUT2D eigenvalue weighted by molar-refractivity contribution is 6.21. The van der Waals surface area contributed by atoms with Gasteiger partial charge < -0.3 is 0 Å². The number of hydrogen-bond acceptors (Lipinski definition) is 2. The fraction of sp³-hybridized carbons (Fsp3) is 0.556. The number of carbonyl (C=O) groups excluding carboxylic acids is 2. The first kappa shape index (κ1) is 16.1. The summed E-state index contributed by atoms with van der Waals surface area (Å²) in [5.41, 5.74) is -0.312. The second-order valence-electron chi connectivity index (χ2n) is 7.48. The highest BCUT2D eigenvalue weighted by atomic mass is 19.1. The lowest BCUT2D eigenvalue weighted by Crippen LogP contribution is -2.51. The lowest BCUT2D eigenvalue weighted by Gasteiger charge is -2.59. The number of nitrogens with one attached hydrogen (secondary N) is 1. The van der Waals surface area contributed by atoms with Crippen LogP contribution in [-0.2, 0) is 0 Å². The molecule has 3 nitrogen and oxygen atoms in total. The van der Waals surface area contributed by atoms with Gasteiger partial charge in [0.05, 0.1) is 11.1 Å². The molecule has 5 heteroatoms. The standard InChI is InChI=1S/C10H18.C8H3F2NO2/c1-7-4-5-8-6-9(7)10(8,2)3;9-3-1-2-4(10)6-5(3)7(12)11-8(6)13/h7-9H,4-6H2,1-3H3;1-2H,(H,11,12,13)/t7-,8+,9+;/m1./s1. The predicted molar refractivity (Wildman–Crippen MR) is 81.9 cm³/mol. The van der Waals surface area contributed by atoms with Crippen LogP contribution in [-0.4, -0.2) is 11.8 Å². The summed E-state index contributed by atoms with van der Waals surface area (Å²) < 4.78 is 25.8. The third kappa shape index (κ3) is 2.46. The molecule has 23 heavy (non-hydrogen) atoms. The molecular weight excluding hydrogens is 300 g/mol. The molecular formula is C18H21F2NO2. The van der Waals surface area contributed by atoms with Gasteiger partial charge in [0.1, 0.15) is 11.6 Å². The number of fused-ring (bicyclic) bond motifs is 3. The third-order valence-corrected chi connectivity index (χ3v) is 5.99. The van der Waals surface area contributed by atoms with Crippen LogP contribution in [0.5, 0.6) is 0 Å². The maximum atomic E-state index is 12.9. The van der Waals surface area contributed by atoms with Gasteiger partial charge >= 0.3 is 0 Å². The van der Waals surface area contributed by atoms with Crippen molar-refractivity contribution < 1.29 is 18.4 Å². The number of rotatable bonds is 0. The van der Waals surface area contributed by atoms with Crippen LogP contribution in [0.15, 0.2) is 12.1 Å². The molecule has 0 saturated heterocycles. The van der Waals surface area contributed by atoms with Gasteiger partial charge in [0, 0.05) is 0 Å². The topological polar surface area (TPSA) is 46.2 Å². The van der Waals surface area contributed by atoms with Gasteiger partial charge in [-0.05, 0) is 48.1 Å². The van der Waals surface area contributed by atoms with Gasteiger partial charge in [-0.3, -0.25) is 14.9 Å². The molecule has 124 valence electrons. The summed E-state index contributed by atoms with van der Waals surface area (Å²) in [7, 11) is 0. The molecule has 1 aliphatic heterocycles. The molecule has 1 aromatic rings. The number of benzene rings is 1. The summed E-state index contributed by atoms with van der Waals surface area (Å²) in [5, 5.41) is 1.81. The number of amides is 2. The van der Waals surface area contributed by atoms with Gasteiger partial charge in [0.2, 0.25) is 0 Å². The highest BCUT2D eigenvalue weighted by Crippen LogP contribution is 2.61. The Kier molecular flexibility index (Phi) is 3.77. The molecule has 4 aliphatic rings. The van der Waals surface area contributed by atoms with Crippen LogP contribution >= 0.6 is 0 Å². The minimum atomic E-state index is -0.892. The van der Waals surface area contributed by atoms with E-state index in [1.165, 1.54) is 19.3 Å². The van der Waals surface area contributed by atoms with Crippen LogP contribution in [0.2, 0.25) is 0 Å². The average molecular weight is 321 g/mol. The first-order valence-corrected chi connectivity index (χ1v) is 8.07. The van der Waals surface area contributed by atoms with Crippen LogP contribution in [0.1, 0.15) is 60.7 Å². The Bertz CT molecular complexity index is 643. The van der Waals surface area contributed by atoms with E-state index in [-0.39, 0.29) is 0 Å². The number of halogens is 2. The van der Waals surface area contributed by atoms with Crippen molar-refractivity contribution in [2.24, 2.45) is 23.2 Å². The Labute approximate surface area is 134 Å². The van der Waals surface area contributed by atoms with Gasteiger partial charge in [0.25, 0.3) is 11.8 Å². The van der Waals surface area contributed by atoms with Crippen molar-refractivity contribution in [2.45, 2.75) is 40.0 Å². The molecule has 1 heterocycles. The molecule has 1 aromatic carbocycles. The van der Waals surface area contributed by atoms with Crippen molar-refractivity contribution in [1.29, 1.82) is 0 Å². The minimum Gasteiger partial charge on any atom is -0.288 e. The van der Waals surface area contributed by atoms with E-state index >= 15 is 0 Å². The smallest absolute Gasteiger partial charge is 0.262 e. The Morgan fingerprint density at radius 1 is 1.04 bits per heavy atom. The van der Waals surface area contributed by atoms with Crippen molar-refractivity contribution in [3.63, 3.8) is 0 Å². The van der Waals surface area contributed by atoms with E-state index in [0.29, 0.717) is 5.41 Å². The normalized spacial score (nSPS) is 29.9. The molecule has 0 unspecified atom stereocenters. The Balaban J connectivity index is 0.000000140. The van der Waals surface area contributed by atoms with Crippen molar-refractivity contribution in [3.8, 4) is 0 Å². The van der Waals surface area contributed by atoms with E-state index in [1.807, 2.05) is 0 Å². The van der Waals surface area contributed by atoms with Gasteiger partial charge in [-0.1, -0.05) is 27.2 Å². The van der Waals surface area contributed by atoms with Crippen LogP contribution in [0, 0.1) is 34.8 Å².